The van der Waals surface area contributed by atoms with Gasteiger partial charge in [0, 0.05) is 37.3 Å². The third-order valence-electron chi connectivity index (χ3n) is 4.14. The highest BCUT2D eigenvalue weighted by Gasteiger charge is 2.21. The van der Waals surface area contributed by atoms with Gasteiger partial charge in [-0.3, -0.25) is 14.4 Å². The third kappa shape index (κ3) is 5.01. The first-order valence-electron chi connectivity index (χ1n) is 8.82. The molecule has 3 amide bonds. The second kappa shape index (κ2) is 8.75. The van der Waals surface area contributed by atoms with Crippen LogP contribution in [0.25, 0.3) is 0 Å². The van der Waals surface area contributed by atoms with Gasteiger partial charge in [-0.05, 0) is 36.8 Å². The second-order valence-electron chi connectivity index (χ2n) is 6.36. The third-order valence-corrected chi connectivity index (χ3v) is 4.45. The summed E-state index contributed by atoms with van der Waals surface area (Å²) in [5, 5.41) is 5.60. The van der Waals surface area contributed by atoms with Crippen LogP contribution >= 0.6 is 11.6 Å². The van der Waals surface area contributed by atoms with Crippen LogP contribution in [-0.4, -0.2) is 30.9 Å². The van der Waals surface area contributed by atoms with Crippen molar-refractivity contribution in [3.63, 3.8) is 0 Å². The molecule has 1 aliphatic heterocycles. The van der Waals surface area contributed by atoms with Crippen LogP contribution in [0.5, 0.6) is 5.75 Å². The van der Waals surface area contributed by atoms with E-state index in [-0.39, 0.29) is 24.3 Å². The maximum atomic E-state index is 12.1. The van der Waals surface area contributed by atoms with Gasteiger partial charge in [-0.2, -0.15) is 0 Å². The van der Waals surface area contributed by atoms with E-state index >= 15 is 0 Å². The molecule has 7 nitrogen and oxygen atoms in total. The normalized spacial score (nSPS) is 13.4. The Morgan fingerprint density at radius 2 is 2.00 bits per heavy atom. The minimum atomic E-state index is -0.356. The first-order chi connectivity index (χ1) is 13.4. The van der Waals surface area contributed by atoms with Gasteiger partial charge in [-0.1, -0.05) is 17.7 Å². The van der Waals surface area contributed by atoms with Crippen LogP contribution < -0.4 is 20.3 Å². The predicted octanol–water partition coefficient (Wildman–Crippen LogP) is 3.44. The number of rotatable bonds is 6. The highest BCUT2D eigenvalue weighted by Crippen LogP contribution is 2.26. The molecule has 0 radical (unpaired) electrons. The molecule has 0 aliphatic carbocycles. The standard InChI is InChI=1S/C20H20ClN3O4/c1-13(25)22-18-8-7-14(10-17(18)21)23-19(26)12-28-16-5-2-4-15(11-16)24-9-3-6-20(24)27/h2,4-5,7-8,10-11H,3,6,9,12H2,1H3,(H,22,25)(H,23,26). The Morgan fingerprint density at radius 3 is 2.68 bits per heavy atom. The fourth-order valence-corrected chi connectivity index (χ4v) is 3.12. The van der Waals surface area contributed by atoms with Crippen molar-refractivity contribution in [3.05, 3.63) is 47.5 Å². The fourth-order valence-electron chi connectivity index (χ4n) is 2.89. The zero-order valence-corrected chi connectivity index (χ0v) is 16.1. The molecule has 0 saturated carbocycles. The summed E-state index contributed by atoms with van der Waals surface area (Å²) in [7, 11) is 0. The molecule has 1 fully saturated rings. The predicted molar refractivity (Wildman–Crippen MR) is 108 cm³/mol. The molecular weight excluding hydrogens is 382 g/mol. The zero-order chi connectivity index (χ0) is 20.1. The molecule has 1 saturated heterocycles. The minimum absolute atomic E-state index is 0.0921. The number of carbonyl (C=O) groups is 3. The summed E-state index contributed by atoms with van der Waals surface area (Å²) in [6.07, 6.45) is 1.40. The van der Waals surface area contributed by atoms with Gasteiger partial charge >= 0.3 is 0 Å². The van der Waals surface area contributed by atoms with Crippen LogP contribution in [-0.2, 0) is 14.4 Å². The van der Waals surface area contributed by atoms with E-state index in [0.29, 0.717) is 35.1 Å². The summed E-state index contributed by atoms with van der Waals surface area (Å²) < 4.78 is 5.54. The van der Waals surface area contributed by atoms with Crippen molar-refractivity contribution in [3.8, 4) is 5.75 Å². The Kier molecular flexibility index (Phi) is 6.16. The van der Waals surface area contributed by atoms with Gasteiger partial charge in [-0.15, -0.1) is 0 Å². The molecule has 3 rings (SSSR count). The molecule has 146 valence electrons. The Hall–Kier alpha value is -3.06. The van der Waals surface area contributed by atoms with Gasteiger partial charge in [0.05, 0.1) is 10.7 Å². The lowest BCUT2D eigenvalue weighted by atomic mass is 10.2. The number of hydrogen-bond acceptors (Lipinski definition) is 4. The number of nitrogens with one attached hydrogen (secondary N) is 2. The molecule has 0 bridgehead atoms. The number of ether oxygens (including phenoxy) is 1. The van der Waals surface area contributed by atoms with E-state index in [1.165, 1.54) is 6.92 Å². The zero-order valence-electron chi connectivity index (χ0n) is 15.3. The van der Waals surface area contributed by atoms with E-state index in [2.05, 4.69) is 10.6 Å². The van der Waals surface area contributed by atoms with Gasteiger partial charge in [0.2, 0.25) is 11.8 Å². The molecule has 1 heterocycles. The Morgan fingerprint density at radius 1 is 1.18 bits per heavy atom. The molecule has 28 heavy (non-hydrogen) atoms. The molecule has 0 spiro atoms. The van der Waals surface area contributed by atoms with Gasteiger partial charge in [0.1, 0.15) is 5.75 Å². The number of halogens is 1. The van der Waals surface area contributed by atoms with E-state index in [9.17, 15) is 14.4 Å². The molecule has 2 aromatic carbocycles. The monoisotopic (exact) mass is 401 g/mol. The summed E-state index contributed by atoms with van der Waals surface area (Å²) >= 11 is 6.09. The van der Waals surface area contributed by atoms with Crippen molar-refractivity contribution in [2.24, 2.45) is 0 Å². The number of benzene rings is 2. The number of nitrogens with zero attached hydrogens (tertiary/aromatic N) is 1. The van der Waals surface area contributed by atoms with Crippen molar-refractivity contribution in [1.29, 1.82) is 0 Å². The highest BCUT2D eigenvalue weighted by atomic mass is 35.5. The second-order valence-corrected chi connectivity index (χ2v) is 6.77. The van der Waals surface area contributed by atoms with Crippen LogP contribution in [0.15, 0.2) is 42.5 Å². The minimum Gasteiger partial charge on any atom is -0.484 e. The maximum absolute atomic E-state index is 12.1. The van der Waals surface area contributed by atoms with Gasteiger partial charge in [-0.25, -0.2) is 0 Å². The average Bonchev–Trinajstić information content (AvgIpc) is 3.08. The molecule has 1 aliphatic rings. The van der Waals surface area contributed by atoms with E-state index in [4.69, 9.17) is 16.3 Å². The van der Waals surface area contributed by atoms with Gasteiger partial charge in [0.25, 0.3) is 5.91 Å². The average molecular weight is 402 g/mol. The Balaban J connectivity index is 1.56. The quantitative estimate of drug-likeness (QED) is 0.776. The summed E-state index contributed by atoms with van der Waals surface area (Å²) in [5.41, 5.74) is 1.72. The molecular formula is C20H20ClN3O4. The van der Waals surface area contributed by atoms with Crippen LogP contribution in [0.4, 0.5) is 17.1 Å². The maximum Gasteiger partial charge on any atom is 0.262 e. The first-order valence-corrected chi connectivity index (χ1v) is 9.20. The lowest BCUT2D eigenvalue weighted by Crippen LogP contribution is -2.24. The molecule has 0 atom stereocenters. The van der Waals surface area contributed by atoms with Crippen molar-refractivity contribution >= 4 is 46.4 Å². The summed E-state index contributed by atoms with van der Waals surface area (Å²) in [5.74, 6) is 0.0109. The highest BCUT2D eigenvalue weighted by molar-refractivity contribution is 6.34. The number of hydrogen-bond donors (Lipinski definition) is 2. The number of amides is 3. The molecule has 0 aromatic heterocycles. The van der Waals surface area contributed by atoms with E-state index in [0.717, 1.165) is 12.1 Å². The van der Waals surface area contributed by atoms with E-state index in [1.54, 1.807) is 41.3 Å². The smallest absolute Gasteiger partial charge is 0.262 e. The molecule has 8 heteroatoms. The van der Waals surface area contributed by atoms with Crippen LogP contribution in [0.1, 0.15) is 19.8 Å². The molecule has 2 N–H and O–H groups in total. The number of carbonyl (C=O) groups excluding carboxylic acids is 3. The summed E-state index contributed by atoms with van der Waals surface area (Å²) in [6, 6.07) is 11.9. The Bertz CT molecular complexity index is 916. The topological polar surface area (TPSA) is 87.7 Å². The van der Waals surface area contributed by atoms with Crippen LogP contribution in [0, 0.1) is 0 Å². The van der Waals surface area contributed by atoms with E-state index < -0.39 is 0 Å². The number of anilines is 3. The van der Waals surface area contributed by atoms with Crippen molar-refractivity contribution in [2.45, 2.75) is 19.8 Å². The Labute approximate surface area is 167 Å². The van der Waals surface area contributed by atoms with E-state index in [1.807, 2.05) is 6.07 Å². The first kappa shape index (κ1) is 19.7. The van der Waals surface area contributed by atoms with Crippen LogP contribution in [0.3, 0.4) is 0 Å². The van der Waals surface area contributed by atoms with Crippen LogP contribution in [0.2, 0.25) is 5.02 Å². The largest absolute Gasteiger partial charge is 0.484 e. The fraction of sp³-hybridized carbons (Fsp3) is 0.250. The summed E-state index contributed by atoms with van der Waals surface area (Å²) in [6.45, 7) is 1.89. The SMILES string of the molecule is CC(=O)Nc1ccc(NC(=O)COc2cccc(N3CCCC3=O)c2)cc1Cl. The van der Waals surface area contributed by atoms with Crippen molar-refractivity contribution < 1.29 is 19.1 Å². The van der Waals surface area contributed by atoms with Gasteiger partial charge < -0.3 is 20.3 Å². The lowest BCUT2D eigenvalue weighted by molar-refractivity contribution is -0.118. The summed E-state index contributed by atoms with van der Waals surface area (Å²) in [4.78, 5) is 36.8. The van der Waals surface area contributed by atoms with Crippen molar-refractivity contribution in [1.82, 2.24) is 0 Å². The lowest BCUT2D eigenvalue weighted by Gasteiger charge is -2.16. The molecule has 2 aromatic rings. The molecule has 0 unspecified atom stereocenters. The van der Waals surface area contributed by atoms with Crippen molar-refractivity contribution in [2.75, 3.05) is 28.7 Å². The van der Waals surface area contributed by atoms with Gasteiger partial charge in [0.15, 0.2) is 6.61 Å².